The van der Waals surface area contributed by atoms with Gasteiger partial charge in [-0.15, -0.1) is 12.4 Å². The minimum Gasteiger partial charge on any atom is -0.399 e. The normalized spacial score (nSPS) is 21.6. The number of nitrogens with two attached hydrogens (primary N) is 1. The lowest BCUT2D eigenvalue weighted by Crippen LogP contribution is -2.39. The van der Waals surface area contributed by atoms with Crippen LogP contribution in [0.1, 0.15) is 45.1 Å². The summed E-state index contributed by atoms with van der Waals surface area (Å²) in [4.78, 5) is 14.5. The highest BCUT2D eigenvalue weighted by Gasteiger charge is 2.32. The lowest BCUT2D eigenvalue weighted by atomic mass is 10.1. The Morgan fingerprint density at radius 3 is 2.70 bits per heavy atom. The van der Waals surface area contributed by atoms with E-state index in [2.05, 4.69) is 18.7 Å². The first-order valence-corrected chi connectivity index (χ1v) is 7.28. The number of carbonyl (C=O) groups is 1. The van der Waals surface area contributed by atoms with E-state index in [-0.39, 0.29) is 18.3 Å². The van der Waals surface area contributed by atoms with Gasteiger partial charge in [0.15, 0.2) is 0 Å². The molecule has 1 aromatic rings. The minimum atomic E-state index is 0. The number of aryl methyl sites for hydroxylation is 1. The van der Waals surface area contributed by atoms with Crippen molar-refractivity contribution in [2.75, 3.05) is 5.73 Å². The number of anilines is 1. The molecule has 1 fully saturated rings. The van der Waals surface area contributed by atoms with E-state index in [9.17, 15) is 4.79 Å². The molecule has 0 saturated carbocycles. The first kappa shape index (κ1) is 16.8. The largest absolute Gasteiger partial charge is 0.399 e. The summed E-state index contributed by atoms with van der Waals surface area (Å²) < 4.78 is 0. The SMILES string of the molecule is CCC1CCC(C)N1C(=O)CCc1ccccc1N.Cl. The van der Waals surface area contributed by atoms with Crippen LogP contribution >= 0.6 is 12.4 Å². The van der Waals surface area contributed by atoms with Gasteiger partial charge in [0, 0.05) is 24.2 Å². The zero-order valence-electron chi connectivity index (χ0n) is 12.3. The molecule has 2 rings (SSSR count). The predicted molar refractivity (Wildman–Crippen MR) is 86.0 cm³/mol. The molecule has 1 amide bonds. The van der Waals surface area contributed by atoms with Gasteiger partial charge in [0.2, 0.25) is 5.91 Å². The van der Waals surface area contributed by atoms with Crippen molar-refractivity contribution in [1.82, 2.24) is 4.90 Å². The van der Waals surface area contributed by atoms with Gasteiger partial charge in [-0.2, -0.15) is 0 Å². The fourth-order valence-corrected chi connectivity index (χ4v) is 3.05. The molecule has 1 aliphatic rings. The molecule has 0 spiro atoms. The quantitative estimate of drug-likeness (QED) is 0.866. The second-order valence-electron chi connectivity index (χ2n) is 5.49. The van der Waals surface area contributed by atoms with Gasteiger partial charge in [0.05, 0.1) is 0 Å². The van der Waals surface area contributed by atoms with Crippen molar-refractivity contribution in [2.24, 2.45) is 0 Å². The second-order valence-corrected chi connectivity index (χ2v) is 5.49. The molecule has 1 aliphatic heterocycles. The smallest absolute Gasteiger partial charge is 0.223 e. The second kappa shape index (κ2) is 7.53. The van der Waals surface area contributed by atoms with E-state index in [0.29, 0.717) is 18.5 Å². The van der Waals surface area contributed by atoms with E-state index in [1.165, 1.54) is 0 Å². The maximum Gasteiger partial charge on any atom is 0.223 e. The van der Waals surface area contributed by atoms with Crippen LogP contribution in [0.5, 0.6) is 0 Å². The van der Waals surface area contributed by atoms with Gasteiger partial charge in [-0.1, -0.05) is 25.1 Å². The number of benzene rings is 1. The molecule has 2 unspecified atom stereocenters. The number of halogens is 1. The van der Waals surface area contributed by atoms with Gasteiger partial charge in [0.25, 0.3) is 0 Å². The Morgan fingerprint density at radius 2 is 2.05 bits per heavy atom. The highest BCUT2D eigenvalue weighted by atomic mass is 35.5. The Bertz CT molecular complexity index is 450. The van der Waals surface area contributed by atoms with Crippen molar-refractivity contribution in [2.45, 2.75) is 58.0 Å². The molecule has 0 aromatic heterocycles. The summed E-state index contributed by atoms with van der Waals surface area (Å²) in [5, 5.41) is 0. The van der Waals surface area contributed by atoms with Crippen LogP contribution in [0.25, 0.3) is 0 Å². The van der Waals surface area contributed by atoms with Crippen LogP contribution in [0.3, 0.4) is 0 Å². The zero-order chi connectivity index (χ0) is 13.8. The third kappa shape index (κ3) is 3.66. The molecule has 2 N–H and O–H groups in total. The van der Waals surface area contributed by atoms with Gasteiger partial charge in [-0.3, -0.25) is 4.79 Å². The molecule has 112 valence electrons. The highest BCUT2D eigenvalue weighted by Crippen LogP contribution is 2.27. The van der Waals surface area contributed by atoms with E-state index >= 15 is 0 Å². The number of nitrogens with zero attached hydrogens (tertiary/aromatic N) is 1. The Morgan fingerprint density at radius 1 is 1.35 bits per heavy atom. The fourth-order valence-electron chi connectivity index (χ4n) is 3.05. The molecule has 1 aromatic carbocycles. The van der Waals surface area contributed by atoms with E-state index in [1.54, 1.807) is 0 Å². The summed E-state index contributed by atoms with van der Waals surface area (Å²) in [7, 11) is 0. The standard InChI is InChI=1S/C16H24N2O.ClH/c1-3-14-10-8-12(2)18(14)16(19)11-9-13-6-4-5-7-15(13)17;/h4-7,12,14H,3,8-11,17H2,1-2H3;1H. The summed E-state index contributed by atoms with van der Waals surface area (Å²) in [5.74, 6) is 0.278. The van der Waals surface area contributed by atoms with Gasteiger partial charge in [-0.25, -0.2) is 0 Å². The first-order chi connectivity index (χ1) is 9.13. The van der Waals surface area contributed by atoms with Gasteiger partial charge in [-0.05, 0) is 44.2 Å². The Kier molecular flexibility index (Phi) is 6.34. The molecular formula is C16H25ClN2O. The van der Waals surface area contributed by atoms with Gasteiger partial charge >= 0.3 is 0 Å². The third-order valence-corrected chi connectivity index (χ3v) is 4.21. The molecule has 1 heterocycles. The average Bonchev–Trinajstić information content (AvgIpc) is 2.78. The van der Waals surface area contributed by atoms with Crippen LogP contribution in [0.4, 0.5) is 5.69 Å². The highest BCUT2D eigenvalue weighted by molar-refractivity contribution is 5.85. The van der Waals surface area contributed by atoms with Crippen LogP contribution < -0.4 is 5.73 Å². The van der Waals surface area contributed by atoms with Crippen molar-refractivity contribution in [3.8, 4) is 0 Å². The number of amides is 1. The third-order valence-electron chi connectivity index (χ3n) is 4.21. The number of hydrogen-bond acceptors (Lipinski definition) is 2. The topological polar surface area (TPSA) is 46.3 Å². The molecule has 4 heteroatoms. The average molecular weight is 297 g/mol. The van der Waals surface area contributed by atoms with Crippen molar-refractivity contribution in [1.29, 1.82) is 0 Å². The summed E-state index contributed by atoms with van der Waals surface area (Å²) in [6.07, 6.45) is 4.65. The summed E-state index contributed by atoms with van der Waals surface area (Å²) in [6.45, 7) is 4.32. The Labute approximate surface area is 127 Å². The molecule has 0 bridgehead atoms. The Hall–Kier alpha value is -1.22. The van der Waals surface area contributed by atoms with Crippen LogP contribution in [-0.4, -0.2) is 22.9 Å². The van der Waals surface area contributed by atoms with E-state index in [0.717, 1.165) is 36.9 Å². The van der Waals surface area contributed by atoms with Crippen LogP contribution in [0.2, 0.25) is 0 Å². The molecule has 3 nitrogen and oxygen atoms in total. The summed E-state index contributed by atoms with van der Waals surface area (Å²) in [5.41, 5.74) is 7.78. The van der Waals surface area contributed by atoms with Crippen molar-refractivity contribution < 1.29 is 4.79 Å². The number of likely N-dealkylation sites (tertiary alicyclic amines) is 1. The molecule has 20 heavy (non-hydrogen) atoms. The van der Waals surface area contributed by atoms with Crippen molar-refractivity contribution >= 4 is 24.0 Å². The Balaban J connectivity index is 0.00000200. The lowest BCUT2D eigenvalue weighted by molar-refractivity contribution is -0.133. The number of nitrogen functional groups attached to an aromatic ring is 1. The maximum atomic E-state index is 12.4. The predicted octanol–water partition coefficient (Wildman–Crippen LogP) is 3.41. The molecular weight excluding hydrogens is 272 g/mol. The number of rotatable bonds is 4. The van der Waals surface area contributed by atoms with Gasteiger partial charge in [0.1, 0.15) is 0 Å². The first-order valence-electron chi connectivity index (χ1n) is 7.28. The van der Waals surface area contributed by atoms with Crippen LogP contribution in [0, 0.1) is 0 Å². The van der Waals surface area contributed by atoms with Crippen molar-refractivity contribution in [3.05, 3.63) is 29.8 Å². The fraction of sp³-hybridized carbons (Fsp3) is 0.562. The number of hydrogen-bond donors (Lipinski definition) is 1. The van der Waals surface area contributed by atoms with Crippen molar-refractivity contribution in [3.63, 3.8) is 0 Å². The van der Waals surface area contributed by atoms with E-state index < -0.39 is 0 Å². The maximum absolute atomic E-state index is 12.4. The summed E-state index contributed by atoms with van der Waals surface area (Å²) >= 11 is 0. The number of carbonyl (C=O) groups excluding carboxylic acids is 1. The lowest BCUT2D eigenvalue weighted by Gasteiger charge is -2.28. The van der Waals surface area contributed by atoms with Crippen LogP contribution in [0.15, 0.2) is 24.3 Å². The minimum absolute atomic E-state index is 0. The molecule has 2 atom stereocenters. The molecule has 0 radical (unpaired) electrons. The molecule has 0 aliphatic carbocycles. The monoisotopic (exact) mass is 296 g/mol. The molecule has 1 saturated heterocycles. The van der Waals surface area contributed by atoms with Crippen LogP contribution in [-0.2, 0) is 11.2 Å². The zero-order valence-corrected chi connectivity index (χ0v) is 13.2. The van der Waals surface area contributed by atoms with Gasteiger partial charge < -0.3 is 10.6 Å². The number of para-hydroxylation sites is 1. The van der Waals surface area contributed by atoms with E-state index in [1.807, 2.05) is 24.3 Å². The van der Waals surface area contributed by atoms with E-state index in [4.69, 9.17) is 5.73 Å². The summed E-state index contributed by atoms with van der Waals surface area (Å²) in [6, 6.07) is 8.64.